The average Bonchev–Trinajstić information content (AvgIpc) is 2.33. The van der Waals surface area contributed by atoms with Crippen LogP contribution in [-0.2, 0) is 20.0 Å². The molecule has 0 rings (SSSR count). The van der Waals surface area contributed by atoms with E-state index in [4.69, 9.17) is 0 Å². The van der Waals surface area contributed by atoms with Gasteiger partial charge in [-0.2, -0.15) is 0 Å². The monoisotopic (exact) mass is 456 g/mol. The Hall–Kier alpha value is -0.170. The molecule has 0 aliphatic carbocycles. The van der Waals surface area contributed by atoms with Gasteiger partial charge in [-0.05, 0) is 0 Å². The number of rotatable bonds is 8. The van der Waals surface area contributed by atoms with Crippen LogP contribution in [0.25, 0.3) is 0 Å². The Morgan fingerprint density at radius 1 is 0.846 bits per heavy atom. The summed E-state index contributed by atoms with van der Waals surface area (Å²) in [6.07, 6.45) is -1.27. The summed E-state index contributed by atoms with van der Waals surface area (Å²) in [4.78, 5) is 0. The summed E-state index contributed by atoms with van der Waals surface area (Å²) in [5.41, 5.74) is -15.1. The predicted molar refractivity (Wildman–Crippen MR) is 88.9 cm³/mol. The topological polar surface area (TPSA) is 83.6 Å². The van der Waals surface area contributed by atoms with Gasteiger partial charge >= 0.3 is 149 Å². The van der Waals surface area contributed by atoms with Crippen LogP contribution in [0.4, 0.5) is 26.3 Å². The molecule has 1 atom stereocenters. The molecule has 0 fully saturated rings. The standard InChI is InChI=1S/C11H23F6N2O4PS2/c1-6-8-9(7-2,18-24(3,4)5)19(25(20,21)10(12,13)14)26(22,23)11(15,16)17/h18,24H,6-8H2,1-5H3. The SMILES string of the molecule is CCCC(CC)(N[PH](C)(C)C)N(S(=O)(=O)C(F)(F)F)S(=O)(=O)C(F)(F)F. The molecule has 15 heteroatoms. The number of halogens is 6. The number of alkyl halides is 6. The first kappa shape index (κ1) is 25.8. The van der Waals surface area contributed by atoms with Gasteiger partial charge in [-0.3, -0.25) is 0 Å². The number of hydrogen-bond acceptors (Lipinski definition) is 5. The van der Waals surface area contributed by atoms with E-state index < -0.39 is 60.7 Å². The van der Waals surface area contributed by atoms with Crippen LogP contribution in [0.15, 0.2) is 0 Å². The molecule has 0 aliphatic rings. The molecular weight excluding hydrogens is 433 g/mol. The van der Waals surface area contributed by atoms with E-state index >= 15 is 0 Å². The molecule has 1 N–H and O–H groups in total. The van der Waals surface area contributed by atoms with Gasteiger partial charge in [0.1, 0.15) is 0 Å². The number of sulfonamides is 2. The minimum absolute atomic E-state index is 0.0669. The molecule has 0 amide bonds. The Labute approximate surface area is 149 Å². The van der Waals surface area contributed by atoms with E-state index in [1.165, 1.54) is 26.9 Å². The van der Waals surface area contributed by atoms with E-state index in [2.05, 4.69) is 5.09 Å². The summed E-state index contributed by atoms with van der Waals surface area (Å²) in [6, 6.07) is 0. The van der Waals surface area contributed by atoms with Crippen molar-refractivity contribution in [2.24, 2.45) is 0 Å². The van der Waals surface area contributed by atoms with Crippen LogP contribution in [0.3, 0.4) is 0 Å². The molecule has 6 nitrogen and oxygen atoms in total. The summed E-state index contributed by atoms with van der Waals surface area (Å²) >= 11 is 0. The van der Waals surface area contributed by atoms with Gasteiger partial charge in [0.25, 0.3) is 0 Å². The molecule has 0 heterocycles. The summed E-state index contributed by atoms with van der Waals surface area (Å²) in [5, 5.41) is 2.48. The Bertz CT molecular complexity index is 656. The number of nitrogens with one attached hydrogen (secondary N) is 1. The third kappa shape index (κ3) is 5.21. The fourth-order valence-corrected chi connectivity index (χ4v) is 7.82. The Balaban J connectivity index is 7.11. The third-order valence-electron chi connectivity index (χ3n) is 3.23. The fraction of sp³-hybridized carbons (Fsp3) is 1.00. The Kier molecular flexibility index (Phi) is 7.64. The van der Waals surface area contributed by atoms with Crippen LogP contribution >= 0.6 is 7.41 Å². The zero-order valence-electron chi connectivity index (χ0n) is 14.8. The van der Waals surface area contributed by atoms with Crippen LogP contribution in [0.1, 0.15) is 33.1 Å². The second kappa shape index (κ2) is 7.69. The quantitative estimate of drug-likeness (QED) is 0.345. The van der Waals surface area contributed by atoms with E-state index in [1.807, 2.05) is 0 Å². The van der Waals surface area contributed by atoms with Crippen molar-refractivity contribution < 1.29 is 43.2 Å². The van der Waals surface area contributed by atoms with Gasteiger partial charge in [0, 0.05) is 0 Å². The number of hydrogen-bond donors (Lipinski definition) is 1. The molecule has 0 saturated heterocycles. The molecule has 0 radical (unpaired) electrons. The summed E-state index contributed by atoms with van der Waals surface area (Å²) in [6.45, 7) is 6.98. The maximum absolute atomic E-state index is 13.1. The molecule has 160 valence electrons. The van der Waals surface area contributed by atoms with E-state index in [0.717, 1.165) is 6.92 Å². The van der Waals surface area contributed by atoms with Crippen LogP contribution in [-0.4, -0.2) is 57.2 Å². The van der Waals surface area contributed by atoms with E-state index in [0.29, 0.717) is 0 Å². The number of nitrogens with zero attached hydrogens (tertiary/aromatic N) is 1. The summed E-state index contributed by atoms with van der Waals surface area (Å²) in [7, 11) is -16.5. The van der Waals surface area contributed by atoms with E-state index in [1.54, 1.807) is 0 Å². The van der Waals surface area contributed by atoms with Crippen molar-refractivity contribution in [2.75, 3.05) is 20.0 Å². The van der Waals surface area contributed by atoms with Crippen LogP contribution < -0.4 is 5.09 Å². The van der Waals surface area contributed by atoms with E-state index in [-0.39, 0.29) is 6.42 Å². The molecule has 0 aromatic carbocycles. The second-order valence-electron chi connectivity index (χ2n) is 6.61. The maximum atomic E-state index is 13.1. The van der Waals surface area contributed by atoms with Crippen molar-refractivity contribution in [1.29, 1.82) is 0 Å². The summed E-state index contributed by atoms with van der Waals surface area (Å²) in [5.74, 6) is 0. The van der Waals surface area contributed by atoms with Gasteiger partial charge < -0.3 is 0 Å². The fourth-order valence-electron chi connectivity index (χ4n) is 2.48. The molecule has 0 aromatic rings. The van der Waals surface area contributed by atoms with Crippen molar-refractivity contribution >= 4 is 27.5 Å². The minimum atomic E-state index is -6.86. The zero-order chi connectivity index (χ0) is 21.4. The van der Waals surface area contributed by atoms with Crippen molar-refractivity contribution in [3.8, 4) is 0 Å². The second-order valence-corrected chi connectivity index (χ2v) is 15.1. The molecule has 0 spiro atoms. The molecule has 0 aliphatic heterocycles. The van der Waals surface area contributed by atoms with Crippen molar-refractivity contribution in [3.63, 3.8) is 0 Å². The van der Waals surface area contributed by atoms with Gasteiger partial charge in [-0.1, -0.05) is 0 Å². The van der Waals surface area contributed by atoms with Gasteiger partial charge in [0.15, 0.2) is 0 Å². The van der Waals surface area contributed by atoms with Gasteiger partial charge in [0.2, 0.25) is 0 Å². The van der Waals surface area contributed by atoms with Crippen LogP contribution in [0.5, 0.6) is 0 Å². The first-order valence-corrected chi connectivity index (χ1v) is 13.8. The molecule has 0 bridgehead atoms. The molecule has 26 heavy (non-hydrogen) atoms. The predicted octanol–water partition coefficient (Wildman–Crippen LogP) is 3.04. The van der Waals surface area contributed by atoms with Crippen LogP contribution in [0.2, 0.25) is 0 Å². The average molecular weight is 456 g/mol. The van der Waals surface area contributed by atoms with Gasteiger partial charge in [-0.15, -0.1) is 0 Å². The first-order chi connectivity index (χ1) is 11.2. The Morgan fingerprint density at radius 3 is 1.38 bits per heavy atom. The van der Waals surface area contributed by atoms with Gasteiger partial charge in [-0.25, -0.2) is 0 Å². The molecular formula is C11H23F6N2O4PS2. The molecule has 0 aromatic heterocycles. The van der Waals surface area contributed by atoms with Crippen molar-refractivity contribution in [2.45, 2.75) is 49.8 Å². The first-order valence-electron chi connectivity index (χ1n) is 7.42. The molecule has 1 unspecified atom stereocenters. The van der Waals surface area contributed by atoms with Crippen molar-refractivity contribution in [1.82, 2.24) is 8.80 Å². The zero-order valence-corrected chi connectivity index (χ0v) is 17.4. The normalized spacial score (nSPS) is 18.0. The third-order valence-corrected chi connectivity index (χ3v) is 8.36. The van der Waals surface area contributed by atoms with E-state index in [9.17, 15) is 43.2 Å². The van der Waals surface area contributed by atoms with Crippen LogP contribution in [0, 0.1) is 0 Å². The summed E-state index contributed by atoms with van der Waals surface area (Å²) < 4.78 is 125. The van der Waals surface area contributed by atoms with Gasteiger partial charge in [0.05, 0.1) is 0 Å². The Morgan fingerprint density at radius 2 is 1.19 bits per heavy atom. The van der Waals surface area contributed by atoms with Crippen molar-refractivity contribution in [3.05, 3.63) is 0 Å². The molecule has 0 saturated carbocycles.